The monoisotopic (exact) mass is 138 g/mol. The van der Waals surface area contributed by atoms with Gasteiger partial charge in [-0.15, -0.1) is 0 Å². The third kappa shape index (κ3) is 1.23. The van der Waals surface area contributed by atoms with E-state index in [0.717, 1.165) is 0 Å². The van der Waals surface area contributed by atoms with Gasteiger partial charge in [-0.3, -0.25) is 0 Å². The lowest BCUT2D eigenvalue weighted by Gasteiger charge is -1.76. The maximum Gasteiger partial charge on any atom is 0.0937 e. The molecule has 1 aromatic rings. The van der Waals surface area contributed by atoms with Gasteiger partial charge in [0, 0.05) is 0 Å². The van der Waals surface area contributed by atoms with Gasteiger partial charge in [0.2, 0.25) is 0 Å². The number of rotatable bonds is 0. The topological polar surface area (TPSA) is 13.1 Å². The van der Waals surface area contributed by atoms with Crippen molar-refractivity contribution in [1.29, 1.82) is 0 Å². The maximum absolute atomic E-state index is 4.99. The molecule has 0 spiro atoms. The van der Waals surface area contributed by atoms with Crippen LogP contribution in [0.15, 0.2) is 16.9 Å². The van der Waals surface area contributed by atoms with Crippen molar-refractivity contribution >= 4 is 0 Å². The summed E-state index contributed by atoms with van der Waals surface area (Å²) in [5.41, 5.74) is 2.84. The molecule has 1 nitrogen and oxygen atoms in total. The molecule has 1 aromatic heterocycles. The predicted octanol–water partition coefficient (Wildman–Crippen LogP) is 2.79. The van der Waals surface area contributed by atoms with Crippen LogP contribution >= 0.6 is 0 Å². The van der Waals surface area contributed by atoms with Gasteiger partial charge >= 0.3 is 0 Å². The second-order valence-corrected chi connectivity index (χ2v) is 2.28. The third-order valence-electron chi connectivity index (χ3n) is 1.73. The molecule has 0 amide bonds. The molecule has 0 bridgehead atoms. The number of hydrogen-bond acceptors (Lipinski definition) is 1. The lowest BCUT2D eigenvalue weighted by Crippen LogP contribution is -1.66. The average molecular weight is 138 g/mol. The minimum absolute atomic E-state index is 1.23. The van der Waals surface area contributed by atoms with Crippen molar-refractivity contribution in [2.24, 2.45) is 0 Å². The molecule has 1 heteroatoms. The number of aryl methyl sites for hydroxylation is 2. The van der Waals surface area contributed by atoms with Gasteiger partial charge < -0.3 is 4.42 Å². The normalized spacial score (nSPS) is 13.8. The van der Waals surface area contributed by atoms with E-state index in [2.05, 4.69) is 0 Å². The molecule has 1 aliphatic rings. The molecule has 0 saturated heterocycles. The molecule has 0 unspecified atom stereocenters. The Kier molecular flexibility index (Phi) is 2.55. The molecule has 0 atom stereocenters. The standard InChI is InChI=1S/C7H8O.C2H6/c1-2-6-4-8-5-7(6)3-1;1-2/h4-5H,1-3H2;1-2H3. The summed E-state index contributed by atoms with van der Waals surface area (Å²) in [6.45, 7) is 4.00. The SMILES string of the molecule is CC.c1occ2c1CCC2. The first-order valence-electron chi connectivity index (χ1n) is 4.01. The van der Waals surface area contributed by atoms with Crippen molar-refractivity contribution in [1.82, 2.24) is 0 Å². The summed E-state index contributed by atoms with van der Waals surface area (Å²) in [7, 11) is 0. The van der Waals surface area contributed by atoms with Crippen molar-refractivity contribution in [3.63, 3.8) is 0 Å². The second kappa shape index (κ2) is 3.45. The zero-order valence-corrected chi connectivity index (χ0v) is 6.68. The summed E-state index contributed by atoms with van der Waals surface area (Å²) in [6.07, 6.45) is 7.50. The Labute approximate surface area is 62.1 Å². The summed E-state index contributed by atoms with van der Waals surface area (Å²) in [5.74, 6) is 0. The molecule has 0 N–H and O–H groups in total. The fourth-order valence-corrected chi connectivity index (χ4v) is 1.26. The van der Waals surface area contributed by atoms with Crippen LogP contribution in [0.2, 0.25) is 0 Å². The first-order chi connectivity index (χ1) is 4.97. The van der Waals surface area contributed by atoms with Crippen molar-refractivity contribution in [3.8, 4) is 0 Å². The Balaban J connectivity index is 0.000000231. The molecule has 1 heterocycles. The highest BCUT2D eigenvalue weighted by molar-refractivity contribution is 5.25. The highest BCUT2D eigenvalue weighted by Gasteiger charge is 2.10. The highest BCUT2D eigenvalue weighted by Crippen LogP contribution is 2.21. The van der Waals surface area contributed by atoms with Gasteiger partial charge in [-0.25, -0.2) is 0 Å². The molecule has 1 aliphatic carbocycles. The molecule has 0 fully saturated rings. The first-order valence-corrected chi connectivity index (χ1v) is 4.01. The summed E-state index contributed by atoms with van der Waals surface area (Å²) >= 11 is 0. The number of hydrogen-bond donors (Lipinski definition) is 0. The second-order valence-electron chi connectivity index (χ2n) is 2.28. The highest BCUT2D eigenvalue weighted by atomic mass is 16.3. The van der Waals surface area contributed by atoms with Gasteiger partial charge in [-0.2, -0.15) is 0 Å². The van der Waals surface area contributed by atoms with Gasteiger partial charge in [0.15, 0.2) is 0 Å². The van der Waals surface area contributed by atoms with E-state index >= 15 is 0 Å². The average Bonchev–Trinajstić information content (AvgIpc) is 2.49. The van der Waals surface area contributed by atoms with Crippen LogP contribution in [0.25, 0.3) is 0 Å². The predicted molar refractivity (Wildman–Crippen MR) is 42.1 cm³/mol. The van der Waals surface area contributed by atoms with Gasteiger partial charge in [0.25, 0.3) is 0 Å². The summed E-state index contributed by atoms with van der Waals surface area (Å²) < 4.78 is 4.99. The van der Waals surface area contributed by atoms with Crippen LogP contribution in [0.3, 0.4) is 0 Å². The molecule has 56 valence electrons. The molecular formula is C9H14O. The van der Waals surface area contributed by atoms with Gasteiger partial charge in [-0.05, 0) is 30.4 Å². The summed E-state index contributed by atoms with van der Waals surface area (Å²) in [6, 6.07) is 0. The molecule has 0 aromatic carbocycles. The van der Waals surface area contributed by atoms with E-state index in [0.29, 0.717) is 0 Å². The fourth-order valence-electron chi connectivity index (χ4n) is 1.26. The lowest BCUT2D eigenvalue weighted by atomic mass is 10.2. The smallest absolute Gasteiger partial charge is 0.0937 e. The van der Waals surface area contributed by atoms with Crippen molar-refractivity contribution in [3.05, 3.63) is 23.7 Å². The molecular weight excluding hydrogens is 124 g/mol. The van der Waals surface area contributed by atoms with E-state index in [-0.39, 0.29) is 0 Å². The van der Waals surface area contributed by atoms with E-state index < -0.39 is 0 Å². The van der Waals surface area contributed by atoms with Gasteiger partial charge in [0.05, 0.1) is 12.5 Å². The van der Waals surface area contributed by atoms with Crippen LogP contribution in [0, 0.1) is 0 Å². The lowest BCUT2D eigenvalue weighted by molar-refractivity contribution is 0.556. The van der Waals surface area contributed by atoms with E-state index in [1.54, 1.807) is 0 Å². The van der Waals surface area contributed by atoms with E-state index in [9.17, 15) is 0 Å². The molecule has 10 heavy (non-hydrogen) atoms. The summed E-state index contributed by atoms with van der Waals surface area (Å²) in [4.78, 5) is 0. The van der Waals surface area contributed by atoms with Crippen LogP contribution in [0.1, 0.15) is 31.4 Å². The Hall–Kier alpha value is -0.720. The van der Waals surface area contributed by atoms with E-state index in [4.69, 9.17) is 4.42 Å². The number of furan rings is 1. The van der Waals surface area contributed by atoms with Crippen molar-refractivity contribution in [2.45, 2.75) is 33.1 Å². The maximum atomic E-state index is 4.99. The van der Waals surface area contributed by atoms with Crippen LogP contribution in [0.5, 0.6) is 0 Å². The van der Waals surface area contributed by atoms with Crippen LogP contribution in [0.4, 0.5) is 0 Å². The minimum Gasteiger partial charge on any atom is -0.472 e. The van der Waals surface area contributed by atoms with Gasteiger partial charge in [-0.1, -0.05) is 13.8 Å². The van der Waals surface area contributed by atoms with Gasteiger partial charge in [0.1, 0.15) is 0 Å². The molecule has 2 rings (SSSR count). The quantitative estimate of drug-likeness (QED) is 0.537. The number of fused-ring (bicyclic) bond motifs is 1. The zero-order valence-electron chi connectivity index (χ0n) is 6.68. The molecule has 0 radical (unpaired) electrons. The summed E-state index contributed by atoms with van der Waals surface area (Å²) in [5, 5.41) is 0. The Morgan fingerprint density at radius 1 is 1.10 bits per heavy atom. The largest absolute Gasteiger partial charge is 0.472 e. The Bertz CT molecular complexity index is 170. The zero-order chi connectivity index (χ0) is 7.40. The van der Waals surface area contributed by atoms with Crippen LogP contribution in [-0.2, 0) is 12.8 Å². The third-order valence-corrected chi connectivity index (χ3v) is 1.73. The van der Waals surface area contributed by atoms with E-state index in [1.165, 1.54) is 30.4 Å². The fraction of sp³-hybridized carbons (Fsp3) is 0.556. The minimum atomic E-state index is 1.23. The van der Waals surface area contributed by atoms with E-state index in [1.807, 2.05) is 26.4 Å². The molecule has 0 saturated carbocycles. The van der Waals surface area contributed by atoms with Crippen LogP contribution in [-0.4, -0.2) is 0 Å². The first kappa shape index (κ1) is 7.39. The molecule has 0 aliphatic heterocycles. The van der Waals surface area contributed by atoms with Crippen LogP contribution < -0.4 is 0 Å². The Morgan fingerprint density at radius 3 is 2.10 bits per heavy atom. The Morgan fingerprint density at radius 2 is 1.60 bits per heavy atom. The van der Waals surface area contributed by atoms with Crippen molar-refractivity contribution < 1.29 is 4.42 Å². The van der Waals surface area contributed by atoms with Crippen molar-refractivity contribution in [2.75, 3.05) is 0 Å².